The molecule has 120 heavy (non-hydrogen) atoms. The van der Waals surface area contributed by atoms with Crippen LogP contribution >= 0.6 is 191 Å². The van der Waals surface area contributed by atoms with Crippen molar-refractivity contribution in [1.82, 2.24) is 122 Å². The van der Waals surface area contributed by atoms with Gasteiger partial charge in [0, 0.05) is 98.2 Å². The number of hydrogen-bond donors (Lipinski definition) is 0. The summed E-state index contributed by atoms with van der Waals surface area (Å²) in [7, 11) is 0. The molecule has 0 radical (unpaired) electrons. The van der Waals surface area contributed by atoms with Gasteiger partial charge >= 0.3 is 0 Å². The van der Waals surface area contributed by atoms with Crippen LogP contribution in [-0.4, -0.2) is 122 Å². The van der Waals surface area contributed by atoms with E-state index in [0.29, 0.717) is 69.9 Å². The highest BCUT2D eigenvalue weighted by Crippen LogP contribution is 2.38. The molecule has 588 valence electrons. The van der Waals surface area contributed by atoms with Crippen LogP contribution in [0.15, 0.2) is 345 Å². The predicted octanol–water partition coefficient (Wildman–Crippen LogP) is 24.8. The molecule has 0 aliphatic carbocycles. The third-order valence-corrected chi connectivity index (χ3v) is 24.3. The summed E-state index contributed by atoms with van der Waals surface area (Å²) in [6, 6.07) is 92.5. The van der Waals surface area contributed by atoms with Crippen LogP contribution in [0.4, 0.5) is 0 Å². The molecular weight excluding hydrogens is 2300 g/mol. The Morgan fingerprint density at radius 1 is 0.108 bits per heavy atom. The maximum Gasteiger partial charge on any atom is 0.205 e. The van der Waals surface area contributed by atoms with Gasteiger partial charge in [-0.3, -0.25) is 0 Å². The van der Waals surface area contributed by atoms with Crippen LogP contribution in [0.25, 0.3) is 137 Å². The van der Waals surface area contributed by atoms with Crippen molar-refractivity contribution < 1.29 is 0 Å². The minimum absolute atomic E-state index is 0.450. The van der Waals surface area contributed by atoms with E-state index in [-0.39, 0.29) is 0 Å². The number of aromatic nitrogens is 24. The normalized spacial score (nSPS) is 10.5. The van der Waals surface area contributed by atoms with Gasteiger partial charge in [0.15, 0.2) is 0 Å². The van der Waals surface area contributed by atoms with Crippen molar-refractivity contribution in [3.63, 3.8) is 0 Å². The van der Waals surface area contributed by atoms with Gasteiger partial charge in [-0.05, 0) is 225 Å². The zero-order valence-electron chi connectivity index (χ0n) is 61.0. The number of rotatable bonds is 12. The molecule has 6 heterocycles. The molecule has 0 saturated carbocycles. The minimum atomic E-state index is 0.450. The molecule has 6 aromatic heterocycles. The van der Waals surface area contributed by atoms with Gasteiger partial charge in [0.1, 0.15) is 0 Å². The lowest BCUT2D eigenvalue weighted by Gasteiger charge is -2.07. The first-order valence-electron chi connectivity index (χ1n) is 35.0. The van der Waals surface area contributed by atoms with Gasteiger partial charge in [0.25, 0.3) is 0 Å². The van der Waals surface area contributed by atoms with Crippen molar-refractivity contribution in [3.8, 4) is 137 Å². The maximum atomic E-state index is 4.20. The highest BCUT2D eigenvalue weighted by Gasteiger charge is 2.20. The van der Waals surface area contributed by atoms with Gasteiger partial charge in [-0.2, -0.15) is 0 Å². The first kappa shape index (κ1) is 87.8. The van der Waals surface area contributed by atoms with Gasteiger partial charge in [-0.15, -0.1) is 122 Å². The Morgan fingerprint density at radius 2 is 0.233 bits per heavy atom. The van der Waals surface area contributed by atoms with Crippen LogP contribution < -0.4 is 0 Å². The Bertz CT molecular complexity index is 6160. The van der Waals surface area contributed by atoms with Crippen LogP contribution in [0.5, 0.6) is 0 Å². The Hall–Kier alpha value is -9.96. The van der Waals surface area contributed by atoms with Crippen molar-refractivity contribution in [2.45, 2.75) is 0 Å². The second-order valence-corrected chi connectivity index (χ2v) is 34.3. The first-order chi connectivity index (χ1) is 58.5. The summed E-state index contributed by atoms with van der Waals surface area (Å²) in [5.41, 5.74) is 10.4. The van der Waals surface area contributed by atoms with E-state index in [1.54, 1.807) is 0 Å². The number of benzene rings is 12. The highest BCUT2D eigenvalue weighted by atomic mass is 79.9. The van der Waals surface area contributed by atoms with Crippen LogP contribution in [-0.2, 0) is 0 Å². The Kier molecular flexibility index (Phi) is 32.2. The first-order valence-corrected chi connectivity index (χ1v) is 44.5. The summed E-state index contributed by atoms with van der Waals surface area (Å²) in [6.07, 6.45) is 0. The van der Waals surface area contributed by atoms with Crippen LogP contribution in [0.1, 0.15) is 0 Å². The van der Waals surface area contributed by atoms with Gasteiger partial charge in [0.2, 0.25) is 69.9 Å². The van der Waals surface area contributed by atoms with Crippen LogP contribution in [0, 0.1) is 0 Å². The predicted molar refractivity (Wildman–Crippen MR) is 503 cm³/mol. The van der Waals surface area contributed by atoms with Crippen molar-refractivity contribution in [2.75, 3.05) is 0 Å². The number of nitrogens with zero attached hydrogens (tertiary/aromatic N) is 24. The third-order valence-electron chi connectivity index (χ3n) is 16.2. The second-order valence-electron chi connectivity index (χ2n) is 24.1. The van der Waals surface area contributed by atoms with Crippen molar-refractivity contribution in [1.29, 1.82) is 0 Å². The summed E-state index contributed by atoms with van der Waals surface area (Å²) >= 11 is 41.8. The van der Waals surface area contributed by atoms with Crippen LogP contribution in [0.3, 0.4) is 0 Å². The average molecular weight is 2350 g/mol. The van der Waals surface area contributed by atoms with Gasteiger partial charge in [-0.25, -0.2) is 0 Å². The Labute approximate surface area is 786 Å². The number of hydrogen-bond acceptors (Lipinski definition) is 24. The molecule has 24 nitrogen and oxygen atoms in total. The standard InChI is InChI=1S/C14H6Br4N4.C14H7Br3N4.2C14H8Br2N4.C14H9BrN4.C14H10N4/c15-7-3-1-4-8(16)11(7)13-19-21-14(22-20-13)12-9(17)5-2-6-10(12)18;15-9-5-2-1-4-8(9)13-18-20-14(21-19-13)12-10(16)6-3-7-11(12)17;15-11-7-3-1-5-9(11)13-17-19-14(20-18-13)10-6-2-4-8-12(10)16;15-10-7-4-8-11(16)12(10)14-19-17-13(18-20-14)9-5-2-1-3-6-9;15-12-9-5-4-8-11(12)14-18-16-13(17-19-14)10-6-2-1-3-7-10;1-3-7-11(8-4-1)13-15-17-14(18-16-13)12-9-5-2-6-10-12/h1-6H;1-7H;2*1-8H;1-9H;1-10H. The quantitative estimate of drug-likeness (QED) is 0.110. The molecule has 0 saturated heterocycles. The van der Waals surface area contributed by atoms with E-state index in [2.05, 4.69) is 314 Å². The summed E-state index contributed by atoms with van der Waals surface area (Å²) in [4.78, 5) is 0. The van der Waals surface area contributed by atoms with E-state index in [1.165, 1.54) is 0 Å². The second kappa shape index (κ2) is 44.0. The fourth-order valence-corrected chi connectivity index (χ4v) is 17.7. The maximum absolute atomic E-state index is 4.20. The molecule has 0 fully saturated rings. The van der Waals surface area contributed by atoms with Crippen LogP contribution in [0.2, 0.25) is 0 Å². The molecule has 0 N–H and O–H groups in total. The lowest BCUT2D eigenvalue weighted by Crippen LogP contribution is -2.01. The minimum Gasteiger partial charge on any atom is -0.126 e. The summed E-state index contributed by atoms with van der Waals surface area (Å²) in [5.74, 6) is 5.93. The third kappa shape index (κ3) is 23.4. The average Bonchev–Trinajstić information content (AvgIpc) is 0.805. The highest BCUT2D eigenvalue weighted by molar-refractivity contribution is 9.12. The summed E-state index contributed by atoms with van der Waals surface area (Å²) < 4.78 is 10.7. The molecule has 0 atom stereocenters. The molecule has 0 spiro atoms. The molecule has 12 aromatic carbocycles. The van der Waals surface area contributed by atoms with Gasteiger partial charge in [-0.1, -0.05) is 258 Å². The molecular formula is C84H48Br12N24. The molecule has 18 aromatic rings. The Morgan fingerprint density at radius 3 is 0.392 bits per heavy atom. The monoisotopic (exact) mass is 2340 g/mol. The fraction of sp³-hybridized carbons (Fsp3) is 0. The smallest absolute Gasteiger partial charge is 0.126 e. The fourth-order valence-electron chi connectivity index (χ4n) is 10.4. The topological polar surface area (TPSA) is 309 Å². The van der Waals surface area contributed by atoms with E-state index < -0.39 is 0 Å². The van der Waals surface area contributed by atoms with Gasteiger partial charge < -0.3 is 0 Å². The van der Waals surface area contributed by atoms with Crippen molar-refractivity contribution in [2.24, 2.45) is 0 Å². The van der Waals surface area contributed by atoms with E-state index in [0.717, 1.165) is 120 Å². The molecule has 18 rings (SSSR count). The zero-order chi connectivity index (χ0) is 83.7. The molecule has 0 amide bonds. The molecule has 0 aliphatic rings. The summed E-state index contributed by atoms with van der Waals surface area (Å²) in [6.45, 7) is 0. The lowest BCUT2D eigenvalue weighted by atomic mass is 10.2. The molecule has 0 unspecified atom stereocenters. The number of halogens is 12. The molecule has 36 heteroatoms. The summed E-state index contributed by atoms with van der Waals surface area (Å²) in [5, 5.41) is 99.7. The SMILES string of the molecule is Brc1cccc(Br)c1-c1nnc(-c2c(Br)cccc2Br)nn1.Brc1cccc(Br)c1-c1nnc(-c2ccccc2)nn1.Brc1ccccc1-c1nnc(-c2c(Br)cccc2Br)nn1.Brc1ccccc1-c1nnc(-c2ccccc2)nn1.Brc1ccccc1-c1nnc(-c2ccccc2Br)nn1.c1ccc(-c2nnc(-c3ccccc3)nn2)cc1. The van der Waals surface area contributed by atoms with Gasteiger partial charge in [0.05, 0.1) is 22.3 Å². The van der Waals surface area contributed by atoms with E-state index in [9.17, 15) is 0 Å². The molecule has 0 bridgehead atoms. The largest absolute Gasteiger partial charge is 0.205 e. The Balaban J connectivity index is 0.000000125. The van der Waals surface area contributed by atoms with Crippen molar-refractivity contribution >= 4 is 191 Å². The van der Waals surface area contributed by atoms with E-state index >= 15 is 0 Å². The zero-order valence-corrected chi connectivity index (χ0v) is 80.0. The lowest BCUT2D eigenvalue weighted by molar-refractivity contribution is 0.873. The van der Waals surface area contributed by atoms with E-state index in [4.69, 9.17) is 0 Å². The molecule has 0 aliphatic heterocycles. The van der Waals surface area contributed by atoms with E-state index in [1.807, 2.05) is 291 Å². The van der Waals surface area contributed by atoms with Crippen molar-refractivity contribution in [3.05, 3.63) is 345 Å².